The van der Waals surface area contributed by atoms with Crippen LogP contribution in [0.2, 0.25) is 0 Å². The Morgan fingerprint density at radius 2 is 2.06 bits per heavy atom. The highest BCUT2D eigenvalue weighted by atomic mass is 16.7. The quantitative estimate of drug-likeness (QED) is 0.855. The van der Waals surface area contributed by atoms with Gasteiger partial charge in [0.05, 0.1) is 31.6 Å². The maximum Gasteiger partial charge on any atom is 0.162 e. The van der Waals surface area contributed by atoms with Crippen molar-refractivity contribution in [1.29, 1.82) is 0 Å². The van der Waals surface area contributed by atoms with E-state index in [1.165, 1.54) is 0 Å². The van der Waals surface area contributed by atoms with Crippen LogP contribution in [0.3, 0.4) is 0 Å². The van der Waals surface area contributed by atoms with Crippen LogP contribution in [-0.4, -0.2) is 25.0 Å². The van der Waals surface area contributed by atoms with E-state index in [1.807, 2.05) is 26.0 Å². The number of furan rings is 1. The molecule has 2 heterocycles. The molecule has 0 aromatic carbocycles. The second-order valence-corrected chi connectivity index (χ2v) is 4.62. The highest BCUT2D eigenvalue weighted by Gasteiger charge is 2.29. The topological polar surface area (TPSA) is 43.6 Å². The molecule has 1 aliphatic rings. The lowest BCUT2D eigenvalue weighted by Crippen LogP contribution is -2.49. The SMILES string of the molecule is C[C@@H](NC1COC(C)(C)OC1)c1ccco1. The lowest BCUT2D eigenvalue weighted by Gasteiger charge is -2.36. The molecule has 1 fully saturated rings. The van der Waals surface area contributed by atoms with E-state index in [4.69, 9.17) is 13.9 Å². The van der Waals surface area contributed by atoms with Crippen molar-refractivity contribution >= 4 is 0 Å². The normalized spacial score (nSPS) is 23.2. The summed E-state index contributed by atoms with van der Waals surface area (Å²) in [7, 11) is 0. The van der Waals surface area contributed by atoms with Crippen LogP contribution in [0.15, 0.2) is 22.8 Å². The Kier molecular flexibility index (Phi) is 3.33. The highest BCUT2D eigenvalue weighted by molar-refractivity contribution is 5.03. The van der Waals surface area contributed by atoms with E-state index in [9.17, 15) is 0 Å². The zero-order valence-electron chi connectivity index (χ0n) is 10.0. The van der Waals surface area contributed by atoms with Gasteiger partial charge < -0.3 is 19.2 Å². The van der Waals surface area contributed by atoms with Crippen LogP contribution in [-0.2, 0) is 9.47 Å². The molecule has 0 bridgehead atoms. The molecular weight excluding hydrogens is 206 g/mol. The summed E-state index contributed by atoms with van der Waals surface area (Å²) >= 11 is 0. The van der Waals surface area contributed by atoms with E-state index in [0.717, 1.165) is 5.76 Å². The lowest BCUT2D eigenvalue weighted by molar-refractivity contribution is -0.253. The number of hydrogen-bond donors (Lipinski definition) is 1. The highest BCUT2D eigenvalue weighted by Crippen LogP contribution is 2.19. The van der Waals surface area contributed by atoms with Gasteiger partial charge in [0.25, 0.3) is 0 Å². The predicted molar refractivity (Wildman–Crippen MR) is 60.0 cm³/mol. The molecular formula is C12H19NO3. The first-order valence-corrected chi connectivity index (χ1v) is 5.64. The summed E-state index contributed by atoms with van der Waals surface area (Å²) in [5.74, 6) is 0.483. The second kappa shape index (κ2) is 4.57. The molecule has 1 aromatic heterocycles. The molecule has 1 aliphatic heterocycles. The van der Waals surface area contributed by atoms with Crippen molar-refractivity contribution in [3.05, 3.63) is 24.2 Å². The molecule has 0 saturated carbocycles. The first-order chi connectivity index (χ1) is 7.57. The number of hydrogen-bond acceptors (Lipinski definition) is 4. The molecule has 1 saturated heterocycles. The molecule has 0 aliphatic carbocycles. The number of rotatable bonds is 3. The maximum absolute atomic E-state index is 5.58. The fraction of sp³-hybridized carbons (Fsp3) is 0.667. The molecule has 1 atom stereocenters. The van der Waals surface area contributed by atoms with Crippen molar-refractivity contribution in [3.8, 4) is 0 Å². The van der Waals surface area contributed by atoms with Gasteiger partial charge in [0.2, 0.25) is 0 Å². The fourth-order valence-corrected chi connectivity index (χ4v) is 1.76. The van der Waals surface area contributed by atoms with E-state index in [2.05, 4.69) is 12.2 Å². The zero-order valence-corrected chi connectivity index (χ0v) is 10.0. The Balaban J connectivity index is 1.83. The summed E-state index contributed by atoms with van der Waals surface area (Å²) in [4.78, 5) is 0. The van der Waals surface area contributed by atoms with E-state index >= 15 is 0 Å². The van der Waals surface area contributed by atoms with Crippen LogP contribution in [0, 0.1) is 0 Å². The average Bonchev–Trinajstić information content (AvgIpc) is 2.74. The third-order valence-corrected chi connectivity index (χ3v) is 2.72. The van der Waals surface area contributed by atoms with E-state index in [-0.39, 0.29) is 12.1 Å². The van der Waals surface area contributed by atoms with Crippen LogP contribution < -0.4 is 5.32 Å². The summed E-state index contributed by atoms with van der Waals surface area (Å²) in [6.45, 7) is 7.26. The fourth-order valence-electron chi connectivity index (χ4n) is 1.76. The van der Waals surface area contributed by atoms with Gasteiger partial charge in [-0.1, -0.05) is 0 Å². The average molecular weight is 225 g/mol. The van der Waals surface area contributed by atoms with Gasteiger partial charge in [-0.25, -0.2) is 0 Å². The first-order valence-electron chi connectivity index (χ1n) is 5.64. The maximum atomic E-state index is 5.58. The minimum Gasteiger partial charge on any atom is -0.468 e. The molecule has 1 aromatic rings. The van der Waals surface area contributed by atoms with Crippen molar-refractivity contribution in [2.24, 2.45) is 0 Å². The molecule has 0 unspecified atom stereocenters. The van der Waals surface area contributed by atoms with Gasteiger partial charge in [-0.15, -0.1) is 0 Å². The van der Waals surface area contributed by atoms with Crippen LogP contribution in [0.1, 0.15) is 32.6 Å². The minimum atomic E-state index is -0.452. The Morgan fingerprint density at radius 1 is 1.38 bits per heavy atom. The predicted octanol–water partition coefficient (Wildman–Crippen LogP) is 2.08. The van der Waals surface area contributed by atoms with Crippen molar-refractivity contribution in [3.63, 3.8) is 0 Å². The molecule has 1 N–H and O–H groups in total. The third-order valence-electron chi connectivity index (χ3n) is 2.72. The summed E-state index contributed by atoms with van der Waals surface area (Å²) in [6.07, 6.45) is 1.69. The second-order valence-electron chi connectivity index (χ2n) is 4.62. The summed E-state index contributed by atoms with van der Waals surface area (Å²) in [6, 6.07) is 4.25. The smallest absolute Gasteiger partial charge is 0.162 e. The van der Waals surface area contributed by atoms with Gasteiger partial charge in [0.15, 0.2) is 5.79 Å². The number of nitrogens with one attached hydrogen (secondary N) is 1. The molecule has 16 heavy (non-hydrogen) atoms. The van der Waals surface area contributed by atoms with E-state index in [1.54, 1.807) is 6.26 Å². The van der Waals surface area contributed by atoms with E-state index in [0.29, 0.717) is 13.2 Å². The minimum absolute atomic E-state index is 0.174. The Labute approximate surface area is 95.9 Å². The van der Waals surface area contributed by atoms with Gasteiger partial charge in [-0.05, 0) is 32.9 Å². The third kappa shape index (κ3) is 2.84. The Hall–Kier alpha value is -0.840. The molecule has 0 radical (unpaired) electrons. The standard InChI is InChI=1S/C12H19NO3/c1-9(11-5-4-6-14-11)13-10-7-15-12(2,3)16-8-10/h4-6,9-10,13H,7-8H2,1-3H3/t9-/m1/s1. The number of ether oxygens (including phenoxy) is 2. The van der Waals surface area contributed by atoms with Gasteiger partial charge in [0, 0.05) is 0 Å². The van der Waals surface area contributed by atoms with Crippen molar-refractivity contribution in [2.75, 3.05) is 13.2 Å². The van der Waals surface area contributed by atoms with E-state index < -0.39 is 5.79 Å². The lowest BCUT2D eigenvalue weighted by atomic mass is 10.2. The van der Waals surface area contributed by atoms with Crippen molar-refractivity contribution in [1.82, 2.24) is 5.32 Å². The largest absolute Gasteiger partial charge is 0.468 e. The van der Waals surface area contributed by atoms with Crippen LogP contribution in [0.5, 0.6) is 0 Å². The Morgan fingerprint density at radius 3 is 2.62 bits per heavy atom. The molecule has 0 spiro atoms. The van der Waals surface area contributed by atoms with Gasteiger partial charge in [-0.3, -0.25) is 0 Å². The van der Waals surface area contributed by atoms with Crippen molar-refractivity contribution in [2.45, 2.75) is 38.6 Å². The van der Waals surface area contributed by atoms with Crippen LogP contribution >= 0.6 is 0 Å². The van der Waals surface area contributed by atoms with Crippen molar-refractivity contribution < 1.29 is 13.9 Å². The molecule has 90 valence electrons. The summed E-state index contributed by atoms with van der Waals surface area (Å²) in [5, 5.41) is 3.42. The Bertz CT molecular complexity index is 311. The van der Waals surface area contributed by atoms with Crippen LogP contribution in [0.25, 0.3) is 0 Å². The zero-order chi connectivity index (χ0) is 11.6. The molecule has 2 rings (SSSR count). The van der Waals surface area contributed by atoms with Gasteiger partial charge >= 0.3 is 0 Å². The summed E-state index contributed by atoms with van der Waals surface area (Å²) in [5.41, 5.74) is 0. The van der Waals surface area contributed by atoms with Gasteiger partial charge in [-0.2, -0.15) is 0 Å². The first kappa shape index (κ1) is 11.6. The molecule has 0 amide bonds. The summed E-state index contributed by atoms with van der Waals surface area (Å²) < 4.78 is 16.5. The molecule has 4 heteroatoms. The monoisotopic (exact) mass is 225 g/mol. The van der Waals surface area contributed by atoms with Gasteiger partial charge in [0.1, 0.15) is 5.76 Å². The van der Waals surface area contributed by atoms with Crippen LogP contribution in [0.4, 0.5) is 0 Å². The molecule has 4 nitrogen and oxygen atoms in total.